The van der Waals surface area contributed by atoms with Crippen LogP contribution >= 0.6 is 11.3 Å². The van der Waals surface area contributed by atoms with E-state index in [0.717, 1.165) is 30.2 Å². The Morgan fingerprint density at radius 3 is 2.50 bits per heavy atom. The van der Waals surface area contributed by atoms with E-state index in [4.69, 9.17) is 14.7 Å². The first-order valence-electron chi connectivity index (χ1n) is 10.3. The molecular weight excluding hydrogens is 424 g/mol. The van der Waals surface area contributed by atoms with Gasteiger partial charge in [-0.25, -0.2) is 4.98 Å². The zero-order chi connectivity index (χ0) is 22.5. The molecule has 0 N–H and O–H groups in total. The highest BCUT2D eigenvalue weighted by Crippen LogP contribution is 2.39. The van der Waals surface area contributed by atoms with E-state index in [-0.39, 0.29) is 5.91 Å². The van der Waals surface area contributed by atoms with Gasteiger partial charge in [0.15, 0.2) is 11.5 Å². The monoisotopic (exact) mass is 448 g/mol. The Kier molecular flexibility index (Phi) is 6.69. The normalized spacial score (nSPS) is 14.1. The van der Waals surface area contributed by atoms with Crippen LogP contribution in [0.2, 0.25) is 0 Å². The maximum atomic E-state index is 13.0. The molecule has 7 nitrogen and oxygen atoms in total. The number of amides is 1. The summed E-state index contributed by atoms with van der Waals surface area (Å²) in [7, 11) is 3.19. The predicted octanol–water partition coefficient (Wildman–Crippen LogP) is 3.66. The Labute approximate surface area is 191 Å². The van der Waals surface area contributed by atoms with Crippen molar-refractivity contribution in [1.82, 2.24) is 14.8 Å². The van der Waals surface area contributed by atoms with Crippen LogP contribution in [0, 0.1) is 11.3 Å². The molecule has 1 saturated heterocycles. The van der Waals surface area contributed by atoms with Crippen LogP contribution in [0.5, 0.6) is 11.5 Å². The first-order chi connectivity index (χ1) is 15.6. The van der Waals surface area contributed by atoms with E-state index in [1.807, 2.05) is 47.4 Å². The number of para-hydroxylation sites is 1. The van der Waals surface area contributed by atoms with E-state index in [2.05, 4.69) is 16.0 Å². The van der Waals surface area contributed by atoms with Crippen molar-refractivity contribution in [3.8, 4) is 28.1 Å². The van der Waals surface area contributed by atoms with Crippen LogP contribution in [0.1, 0.15) is 21.6 Å². The topological polar surface area (TPSA) is 78.7 Å². The van der Waals surface area contributed by atoms with Gasteiger partial charge in [-0.1, -0.05) is 18.2 Å². The molecule has 2 heterocycles. The zero-order valence-corrected chi connectivity index (χ0v) is 18.9. The lowest BCUT2D eigenvalue weighted by atomic mass is 10.1. The number of piperazine rings is 1. The molecule has 8 heteroatoms. The molecule has 2 aromatic carbocycles. The number of hydrogen-bond acceptors (Lipinski definition) is 7. The van der Waals surface area contributed by atoms with Gasteiger partial charge in [0, 0.05) is 38.1 Å². The quantitative estimate of drug-likeness (QED) is 0.573. The van der Waals surface area contributed by atoms with Crippen LogP contribution in [0.25, 0.3) is 10.6 Å². The molecule has 32 heavy (non-hydrogen) atoms. The average Bonchev–Trinajstić information content (AvgIpc) is 3.34. The van der Waals surface area contributed by atoms with Crippen molar-refractivity contribution in [3.05, 3.63) is 64.7 Å². The molecule has 3 aromatic rings. The van der Waals surface area contributed by atoms with Gasteiger partial charge in [-0.3, -0.25) is 9.69 Å². The summed E-state index contributed by atoms with van der Waals surface area (Å²) in [4.78, 5) is 21.8. The highest BCUT2D eigenvalue weighted by atomic mass is 32.1. The number of aromatic nitrogens is 1. The number of hydrogen-bond donors (Lipinski definition) is 0. The van der Waals surface area contributed by atoms with Gasteiger partial charge in [0.2, 0.25) is 0 Å². The lowest BCUT2D eigenvalue weighted by Crippen LogP contribution is -2.48. The van der Waals surface area contributed by atoms with Gasteiger partial charge in [-0.15, -0.1) is 11.3 Å². The lowest BCUT2D eigenvalue weighted by molar-refractivity contribution is 0.0623. The second kappa shape index (κ2) is 9.81. The van der Waals surface area contributed by atoms with E-state index < -0.39 is 0 Å². The van der Waals surface area contributed by atoms with Crippen LogP contribution in [0.3, 0.4) is 0 Å². The summed E-state index contributed by atoms with van der Waals surface area (Å²) >= 11 is 1.42. The molecule has 1 aliphatic rings. The van der Waals surface area contributed by atoms with Crippen LogP contribution in [-0.4, -0.2) is 61.1 Å². The standard InChI is InChI=1S/C24H24N4O3S/c1-30-21-5-3-4-19(22(21)31-2)23-26-20(16-32-23)24(29)28-12-10-27(11-13-28)15-18-8-6-17(14-25)7-9-18/h3-9,16H,10-13,15H2,1-2H3. The Bertz CT molecular complexity index is 1130. The van der Waals surface area contributed by atoms with Crippen molar-refractivity contribution >= 4 is 17.2 Å². The van der Waals surface area contributed by atoms with Crippen molar-refractivity contribution in [2.24, 2.45) is 0 Å². The number of thiazole rings is 1. The van der Waals surface area contributed by atoms with E-state index in [9.17, 15) is 4.79 Å². The van der Waals surface area contributed by atoms with Crippen molar-refractivity contribution < 1.29 is 14.3 Å². The first kappa shape index (κ1) is 21.8. The molecule has 0 radical (unpaired) electrons. The predicted molar refractivity (Wildman–Crippen MR) is 123 cm³/mol. The number of ether oxygens (including phenoxy) is 2. The van der Waals surface area contributed by atoms with Crippen molar-refractivity contribution in [3.63, 3.8) is 0 Å². The maximum Gasteiger partial charge on any atom is 0.273 e. The van der Waals surface area contributed by atoms with Gasteiger partial charge in [0.25, 0.3) is 5.91 Å². The first-order valence-corrected chi connectivity index (χ1v) is 11.2. The van der Waals surface area contributed by atoms with Crippen molar-refractivity contribution in [2.75, 3.05) is 40.4 Å². The van der Waals surface area contributed by atoms with E-state index in [0.29, 0.717) is 35.8 Å². The molecule has 1 aliphatic heterocycles. The SMILES string of the molecule is COc1cccc(-c2nc(C(=O)N3CCN(Cc4ccc(C#N)cc4)CC3)cs2)c1OC. The molecule has 1 amide bonds. The van der Waals surface area contributed by atoms with Crippen molar-refractivity contribution in [2.45, 2.75) is 6.54 Å². The molecule has 1 fully saturated rings. The summed E-state index contributed by atoms with van der Waals surface area (Å²) in [6.45, 7) is 3.72. The molecule has 4 rings (SSSR count). The fraction of sp³-hybridized carbons (Fsp3) is 0.292. The maximum absolute atomic E-state index is 13.0. The Morgan fingerprint density at radius 2 is 1.84 bits per heavy atom. The third-order valence-electron chi connectivity index (χ3n) is 5.51. The number of nitrogens with zero attached hydrogens (tertiary/aromatic N) is 4. The minimum Gasteiger partial charge on any atom is -0.493 e. The summed E-state index contributed by atoms with van der Waals surface area (Å²) in [5, 5.41) is 11.5. The van der Waals surface area contributed by atoms with Gasteiger partial charge >= 0.3 is 0 Å². The molecule has 0 unspecified atom stereocenters. The second-order valence-electron chi connectivity index (χ2n) is 7.46. The molecule has 0 atom stereocenters. The fourth-order valence-corrected chi connectivity index (χ4v) is 4.58. The molecule has 0 aliphatic carbocycles. The smallest absolute Gasteiger partial charge is 0.273 e. The second-order valence-corrected chi connectivity index (χ2v) is 8.31. The number of methoxy groups -OCH3 is 2. The number of benzene rings is 2. The molecule has 0 spiro atoms. The zero-order valence-electron chi connectivity index (χ0n) is 18.1. The summed E-state index contributed by atoms with van der Waals surface area (Å²) in [6.07, 6.45) is 0. The molecule has 0 bridgehead atoms. The summed E-state index contributed by atoms with van der Waals surface area (Å²) in [5.74, 6) is 1.19. The van der Waals surface area contributed by atoms with Gasteiger partial charge in [0.1, 0.15) is 10.7 Å². The van der Waals surface area contributed by atoms with E-state index in [1.54, 1.807) is 19.6 Å². The molecule has 164 valence electrons. The molecular formula is C24H24N4O3S. The number of carbonyl (C=O) groups is 1. The third-order valence-corrected chi connectivity index (χ3v) is 6.38. The minimum atomic E-state index is -0.0487. The van der Waals surface area contributed by atoms with E-state index in [1.165, 1.54) is 16.9 Å². The average molecular weight is 449 g/mol. The summed E-state index contributed by atoms with van der Waals surface area (Å²) < 4.78 is 10.9. The van der Waals surface area contributed by atoms with Crippen LogP contribution < -0.4 is 9.47 Å². The number of carbonyl (C=O) groups excluding carboxylic acids is 1. The van der Waals surface area contributed by atoms with Gasteiger partial charge < -0.3 is 14.4 Å². The highest BCUT2D eigenvalue weighted by Gasteiger charge is 2.25. The van der Waals surface area contributed by atoms with Crippen LogP contribution in [0.4, 0.5) is 0 Å². The van der Waals surface area contributed by atoms with Crippen LogP contribution in [0.15, 0.2) is 47.8 Å². The summed E-state index contributed by atoms with van der Waals surface area (Å²) in [6, 6.07) is 15.4. The Balaban J connectivity index is 1.39. The largest absolute Gasteiger partial charge is 0.493 e. The molecule has 0 saturated carbocycles. The summed E-state index contributed by atoms with van der Waals surface area (Å²) in [5.41, 5.74) is 3.09. The number of nitriles is 1. The third kappa shape index (κ3) is 4.59. The van der Waals surface area contributed by atoms with Crippen LogP contribution in [-0.2, 0) is 6.54 Å². The molecule has 1 aromatic heterocycles. The van der Waals surface area contributed by atoms with E-state index >= 15 is 0 Å². The fourth-order valence-electron chi connectivity index (χ4n) is 3.77. The van der Waals surface area contributed by atoms with Crippen molar-refractivity contribution in [1.29, 1.82) is 5.26 Å². The van der Waals surface area contributed by atoms with Gasteiger partial charge in [0.05, 0.1) is 31.4 Å². The Morgan fingerprint density at radius 1 is 1.09 bits per heavy atom. The minimum absolute atomic E-state index is 0.0487. The van der Waals surface area contributed by atoms with Gasteiger partial charge in [-0.05, 0) is 29.8 Å². The number of rotatable bonds is 6. The highest BCUT2D eigenvalue weighted by molar-refractivity contribution is 7.13. The lowest BCUT2D eigenvalue weighted by Gasteiger charge is -2.34. The Hall–Kier alpha value is -3.41. The van der Waals surface area contributed by atoms with Gasteiger partial charge in [-0.2, -0.15) is 5.26 Å².